The van der Waals surface area contributed by atoms with Gasteiger partial charge in [0.05, 0.1) is 80.8 Å². The molecule has 3 aliphatic rings. The number of nitriles is 1. The molecule has 2 aromatic carbocycles. The van der Waals surface area contributed by atoms with Crippen molar-refractivity contribution in [2.75, 3.05) is 77.3 Å². The third-order valence-electron chi connectivity index (χ3n) is 14.3. The summed E-state index contributed by atoms with van der Waals surface area (Å²) in [5.41, 5.74) is 8.90. The van der Waals surface area contributed by atoms with Crippen LogP contribution in [-0.4, -0.2) is 150 Å². The van der Waals surface area contributed by atoms with Gasteiger partial charge in [-0.15, -0.1) is 0 Å². The Morgan fingerprint density at radius 1 is 1.03 bits per heavy atom. The number of hydrogen-bond donors (Lipinski definition) is 6. The zero-order valence-corrected chi connectivity index (χ0v) is 44.7. The van der Waals surface area contributed by atoms with Gasteiger partial charge < -0.3 is 56.5 Å². The SMILES string of the molecule is CC[C@H](NC(=O)[C@H]1C[C@@H](NCCOCCOCCC(=O)NCCn2nc(C#N)c3c2CN(C)C(=O)c2ccc(F)cc2[C@H]2CCCN2c2nc-3cnc2N)CN1C(=O)[C@H](NC(=O)[C@@H](C)NC)C(C)(C)C)c1ccccc1. The first-order valence-electron chi connectivity index (χ1n) is 26.2. The van der Waals surface area contributed by atoms with Crippen LogP contribution in [-0.2, 0) is 41.7 Å². The number of likely N-dealkylation sites (tertiary alicyclic amines) is 1. The molecule has 7 N–H and O–H groups in total. The van der Waals surface area contributed by atoms with E-state index in [9.17, 15) is 33.6 Å². The molecule has 4 aromatic rings. The number of likely N-dealkylation sites (N-methyl/N-ethyl adjacent to an activating group) is 1. The second-order valence-corrected chi connectivity index (χ2v) is 20.6. The van der Waals surface area contributed by atoms with Crippen LogP contribution in [0, 0.1) is 22.6 Å². The van der Waals surface area contributed by atoms with Crippen molar-refractivity contribution in [2.45, 2.75) is 116 Å². The first kappa shape index (κ1) is 56.7. The van der Waals surface area contributed by atoms with Crippen LogP contribution >= 0.6 is 0 Å². The highest BCUT2D eigenvalue weighted by atomic mass is 19.1. The van der Waals surface area contributed by atoms with E-state index in [0.717, 1.165) is 12.0 Å². The fourth-order valence-corrected chi connectivity index (χ4v) is 10.0. The zero-order valence-electron chi connectivity index (χ0n) is 44.7. The van der Waals surface area contributed by atoms with Gasteiger partial charge in [0.1, 0.15) is 24.0 Å². The summed E-state index contributed by atoms with van der Waals surface area (Å²) in [7, 11) is 3.31. The van der Waals surface area contributed by atoms with Crippen LogP contribution in [0.25, 0.3) is 11.3 Å². The van der Waals surface area contributed by atoms with Crippen LogP contribution in [0.4, 0.5) is 16.0 Å². The van der Waals surface area contributed by atoms with Crippen molar-refractivity contribution in [1.29, 1.82) is 5.26 Å². The normalized spacial score (nSPS) is 18.5. The summed E-state index contributed by atoms with van der Waals surface area (Å²) in [5.74, 6) is -1.43. The molecule has 76 heavy (non-hydrogen) atoms. The molecule has 21 nitrogen and oxygen atoms in total. The van der Waals surface area contributed by atoms with Crippen molar-refractivity contribution in [3.8, 4) is 17.3 Å². The van der Waals surface area contributed by atoms with Crippen LogP contribution in [0.5, 0.6) is 0 Å². The van der Waals surface area contributed by atoms with Crippen LogP contribution < -0.4 is 37.2 Å². The van der Waals surface area contributed by atoms with Gasteiger partial charge in [0.15, 0.2) is 17.3 Å². The first-order valence-corrected chi connectivity index (χ1v) is 26.2. The Bertz CT molecular complexity index is 2750. The van der Waals surface area contributed by atoms with Gasteiger partial charge >= 0.3 is 0 Å². The number of halogens is 1. The standard InChI is InChI=1S/C54H73FN14O7/c1-8-39(34-13-10-9-11-14-34)63-51(72)43-28-36(31-68(43)53(74)47(54(3,4)5)64-50(71)33(2)58-6)59-20-24-76-26-25-75-23-18-45(70)60-19-22-69-44-32-66(7)52(73)37-17-16-35(55)27-38(37)42-15-12-21-67(42)49-48(57)61-30-41(62-49)46(44)40(29-56)65-69/h9-11,13-14,16-17,27,30,33,36,39,42-43,47,58-59H,8,12,15,18-26,28,31-32H2,1-7H3,(H2,57,61)(H,60,70)(H,63,72)(H,64,71)/t33-,36-,39+,42-,43-,47+/m1/s1. The maximum absolute atomic E-state index is 14.8. The number of nitrogens with zero attached hydrogens (tertiary/aromatic N) is 8. The summed E-state index contributed by atoms with van der Waals surface area (Å²) in [4.78, 5) is 82.9. The molecule has 7 rings (SSSR count). The monoisotopic (exact) mass is 1050 g/mol. The number of ether oxygens (including phenoxy) is 2. The molecule has 408 valence electrons. The Hall–Kier alpha value is -7.06. The van der Waals surface area contributed by atoms with Crippen LogP contribution in [0.2, 0.25) is 0 Å². The second-order valence-electron chi connectivity index (χ2n) is 20.6. The molecule has 0 unspecified atom stereocenters. The quantitative estimate of drug-likeness (QED) is 0.0654. The fourth-order valence-electron chi connectivity index (χ4n) is 10.0. The van der Waals surface area contributed by atoms with Gasteiger partial charge in [-0.3, -0.25) is 28.7 Å². The largest absolute Gasteiger partial charge is 0.381 e. The minimum atomic E-state index is -0.877. The third kappa shape index (κ3) is 13.5. The van der Waals surface area contributed by atoms with Crippen molar-refractivity contribution in [3.05, 3.63) is 88.6 Å². The van der Waals surface area contributed by atoms with Crippen molar-refractivity contribution in [3.63, 3.8) is 0 Å². The number of amides is 5. The maximum Gasteiger partial charge on any atom is 0.254 e. The van der Waals surface area contributed by atoms with Crippen molar-refractivity contribution < 1.29 is 37.8 Å². The highest BCUT2D eigenvalue weighted by molar-refractivity contribution is 5.96. The van der Waals surface area contributed by atoms with E-state index in [2.05, 4.69) is 42.7 Å². The number of nitrogen functional groups attached to an aromatic ring is 1. The van der Waals surface area contributed by atoms with E-state index in [1.165, 1.54) is 29.3 Å². The molecule has 0 aliphatic carbocycles. The highest BCUT2D eigenvalue weighted by Gasteiger charge is 2.45. The first-order chi connectivity index (χ1) is 36.4. The molecule has 2 bridgehead atoms. The minimum absolute atomic E-state index is 0.0148. The van der Waals surface area contributed by atoms with Crippen LogP contribution in [0.15, 0.2) is 54.7 Å². The Balaban J connectivity index is 0.889. The number of carbonyl (C=O) groups excluding carboxylic acids is 5. The summed E-state index contributed by atoms with van der Waals surface area (Å²) in [6, 6.07) is 13.0. The topological polar surface area (TPSA) is 267 Å². The minimum Gasteiger partial charge on any atom is -0.381 e. The molecule has 0 spiro atoms. The van der Waals surface area contributed by atoms with Crippen molar-refractivity contribution in [1.82, 2.24) is 56.1 Å². The van der Waals surface area contributed by atoms with Gasteiger partial charge in [0, 0.05) is 51.3 Å². The molecule has 2 aromatic heterocycles. The Kier molecular flexibility index (Phi) is 19.1. The smallest absolute Gasteiger partial charge is 0.254 e. The lowest BCUT2D eigenvalue weighted by Gasteiger charge is -2.36. The average molecular weight is 1050 g/mol. The third-order valence-corrected chi connectivity index (χ3v) is 14.3. The van der Waals surface area contributed by atoms with E-state index in [4.69, 9.17) is 20.2 Å². The molecule has 0 saturated carbocycles. The number of hydrogen-bond acceptors (Lipinski definition) is 15. The molecule has 3 aliphatic heterocycles. The number of benzene rings is 2. The summed E-state index contributed by atoms with van der Waals surface area (Å²) < 4.78 is 27.9. The number of carbonyl (C=O) groups is 5. The van der Waals surface area contributed by atoms with Gasteiger partial charge in [-0.1, -0.05) is 58.0 Å². The van der Waals surface area contributed by atoms with Gasteiger partial charge in [-0.2, -0.15) is 10.4 Å². The number of fused-ring (bicyclic) bond motifs is 8. The molecule has 0 radical (unpaired) electrons. The summed E-state index contributed by atoms with van der Waals surface area (Å²) >= 11 is 0. The van der Waals surface area contributed by atoms with Gasteiger partial charge in [-0.05, 0) is 74.4 Å². The highest BCUT2D eigenvalue weighted by Crippen LogP contribution is 2.41. The number of nitrogens with one attached hydrogen (secondary N) is 5. The van der Waals surface area contributed by atoms with Gasteiger partial charge in [-0.25, -0.2) is 14.4 Å². The lowest BCUT2D eigenvalue weighted by molar-refractivity contribution is -0.144. The number of nitrogens with two attached hydrogens (primary N) is 1. The number of aromatic nitrogens is 4. The van der Waals surface area contributed by atoms with Crippen LogP contribution in [0.1, 0.15) is 112 Å². The van der Waals surface area contributed by atoms with Crippen LogP contribution in [0.3, 0.4) is 0 Å². The van der Waals surface area contributed by atoms with Crippen molar-refractivity contribution in [2.24, 2.45) is 5.41 Å². The molecule has 5 heterocycles. The van der Waals surface area contributed by atoms with Gasteiger partial charge in [0.2, 0.25) is 23.6 Å². The molecule has 2 fully saturated rings. The molecular weight excluding hydrogens is 976 g/mol. The Morgan fingerprint density at radius 3 is 2.49 bits per heavy atom. The van der Waals surface area contributed by atoms with E-state index >= 15 is 0 Å². The number of rotatable bonds is 21. The maximum atomic E-state index is 14.8. The Morgan fingerprint density at radius 2 is 1.78 bits per heavy atom. The summed E-state index contributed by atoms with van der Waals surface area (Å²) in [6.07, 6.45) is 3.98. The van der Waals surface area contributed by atoms with E-state index in [0.29, 0.717) is 72.9 Å². The van der Waals surface area contributed by atoms with E-state index in [1.54, 1.807) is 30.6 Å². The van der Waals surface area contributed by atoms with Gasteiger partial charge in [0.25, 0.3) is 5.91 Å². The predicted molar refractivity (Wildman–Crippen MR) is 283 cm³/mol. The Labute approximate surface area is 443 Å². The fraction of sp³-hybridized carbons (Fsp3) is 0.537. The van der Waals surface area contributed by atoms with E-state index < -0.39 is 29.4 Å². The van der Waals surface area contributed by atoms with E-state index in [1.807, 2.05) is 62.9 Å². The van der Waals surface area contributed by atoms with Crippen molar-refractivity contribution >= 4 is 41.2 Å². The molecule has 22 heteroatoms. The average Bonchev–Trinajstić information content (AvgIpc) is 4.16. The second kappa shape index (κ2) is 25.7. The summed E-state index contributed by atoms with van der Waals surface area (Å²) in [5, 5.41) is 30.2. The zero-order chi connectivity index (χ0) is 54.7. The molecule has 6 atom stereocenters. The summed E-state index contributed by atoms with van der Waals surface area (Å²) in [6.45, 7) is 11.9. The lowest BCUT2D eigenvalue weighted by Crippen LogP contribution is -2.59. The molecular formula is C54H73FN14O7. The molecule has 5 amide bonds. The van der Waals surface area contributed by atoms with E-state index in [-0.39, 0.29) is 112 Å². The number of anilines is 2. The predicted octanol–water partition coefficient (Wildman–Crippen LogP) is 3.37. The molecule has 2 saturated heterocycles. The lowest BCUT2D eigenvalue weighted by atomic mass is 9.85.